The Morgan fingerprint density at radius 3 is 2.96 bits per heavy atom. The maximum absolute atomic E-state index is 12.2. The lowest BCUT2D eigenvalue weighted by Gasteiger charge is -2.19. The molecule has 0 unspecified atom stereocenters. The summed E-state index contributed by atoms with van der Waals surface area (Å²) < 4.78 is 28.7. The number of aryl methyl sites for hydroxylation is 1. The van der Waals surface area contributed by atoms with Crippen molar-refractivity contribution in [2.45, 2.75) is 38.8 Å². The second kappa shape index (κ2) is 7.92. The van der Waals surface area contributed by atoms with Gasteiger partial charge in [0.1, 0.15) is 0 Å². The summed E-state index contributed by atoms with van der Waals surface area (Å²) in [6, 6.07) is 9.26. The number of aromatic nitrogens is 1. The molecule has 3 N–H and O–H groups in total. The molecule has 0 atom stereocenters. The second-order valence-electron chi connectivity index (χ2n) is 5.86. The number of nitrogens with two attached hydrogens (primary N) is 1. The molecule has 0 amide bonds. The molecule has 0 spiro atoms. The van der Waals surface area contributed by atoms with Crippen LogP contribution in [0.3, 0.4) is 0 Å². The monoisotopic (exact) mass is 346 g/mol. The van der Waals surface area contributed by atoms with Gasteiger partial charge in [0.15, 0.2) is 5.96 Å². The highest BCUT2D eigenvalue weighted by atomic mass is 19.3. The van der Waals surface area contributed by atoms with Crippen molar-refractivity contribution in [2.24, 2.45) is 10.7 Å². The summed E-state index contributed by atoms with van der Waals surface area (Å²) in [5, 5.41) is 3.15. The molecule has 0 aliphatic heterocycles. The van der Waals surface area contributed by atoms with Gasteiger partial charge in [-0.1, -0.05) is 12.1 Å². The number of nitrogens with zero attached hydrogens (tertiary/aromatic N) is 2. The third-order valence-corrected chi connectivity index (χ3v) is 4.10. The van der Waals surface area contributed by atoms with E-state index >= 15 is 0 Å². The summed E-state index contributed by atoms with van der Waals surface area (Å²) in [6.45, 7) is -2.65. The van der Waals surface area contributed by atoms with Gasteiger partial charge in [0.05, 0.1) is 6.54 Å². The molecule has 7 heteroatoms. The fraction of sp³-hybridized carbons (Fsp3) is 0.333. The Balaban J connectivity index is 1.67. The number of hydrogen-bond acceptors (Lipinski definition) is 3. The highest BCUT2D eigenvalue weighted by Gasteiger charge is 2.13. The fourth-order valence-electron chi connectivity index (χ4n) is 2.96. The van der Waals surface area contributed by atoms with Gasteiger partial charge in [-0.25, -0.2) is 9.98 Å². The quantitative estimate of drug-likeness (QED) is 0.642. The number of benzene rings is 1. The minimum atomic E-state index is -2.90. The summed E-state index contributed by atoms with van der Waals surface area (Å²) in [4.78, 5) is 8.00. The van der Waals surface area contributed by atoms with Gasteiger partial charge in [0, 0.05) is 18.0 Å². The lowest BCUT2D eigenvalue weighted by atomic mass is 9.90. The zero-order valence-electron chi connectivity index (χ0n) is 13.7. The molecule has 0 bridgehead atoms. The van der Waals surface area contributed by atoms with Gasteiger partial charge in [-0.3, -0.25) is 0 Å². The van der Waals surface area contributed by atoms with E-state index in [1.807, 2.05) is 12.1 Å². The number of ether oxygens (including phenoxy) is 1. The molecular weight excluding hydrogens is 326 g/mol. The minimum absolute atomic E-state index is 0.133. The van der Waals surface area contributed by atoms with Crippen LogP contribution in [0.25, 0.3) is 0 Å². The lowest BCUT2D eigenvalue weighted by Crippen LogP contribution is -2.24. The molecule has 3 rings (SSSR count). The molecule has 2 aromatic rings. The van der Waals surface area contributed by atoms with E-state index in [0.29, 0.717) is 5.56 Å². The number of halogens is 2. The number of rotatable bonds is 5. The molecule has 0 saturated carbocycles. The first-order valence-electron chi connectivity index (χ1n) is 8.19. The molecule has 132 valence electrons. The number of nitrogens with one attached hydrogen (secondary N) is 1. The highest BCUT2D eigenvalue weighted by Crippen LogP contribution is 2.27. The highest BCUT2D eigenvalue weighted by molar-refractivity contribution is 5.93. The van der Waals surface area contributed by atoms with E-state index in [-0.39, 0.29) is 18.4 Å². The van der Waals surface area contributed by atoms with Crippen molar-refractivity contribution in [3.8, 4) is 5.88 Å². The fourth-order valence-corrected chi connectivity index (χ4v) is 2.96. The van der Waals surface area contributed by atoms with Crippen LogP contribution < -0.4 is 15.8 Å². The van der Waals surface area contributed by atoms with Crippen LogP contribution in [-0.4, -0.2) is 17.6 Å². The largest absolute Gasteiger partial charge is 0.417 e. The average molecular weight is 346 g/mol. The number of aliphatic imine (C=N–C) groups is 1. The van der Waals surface area contributed by atoms with Crippen molar-refractivity contribution >= 4 is 11.6 Å². The number of alkyl halides is 2. The van der Waals surface area contributed by atoms with Crippen molar-refractivity contribution in [2.75, 3.05) is 5.32 Å². The van der Waals surface area contributed by atoms with Gasteiger partial charge in [0.25, 0.3) is 0 Å². The molecule has 0 fully saturated rings. The molecule has 1 aromatic heterocycles. The molecule has 1 aliphatic rings. The molecule has 25 heavy (non-hydrogen) atoms. The van der Waals surface area contributed by atoms with Gasteiger partial charge in [-0.05, 0) is 54.5 Å². The Morgan fingerprint density at radius 1 is 1.28 bits per heavy atom. The van der Waals surface area contributed by atoms with Crippen LogP contribution >= 0.6 is 0 Å². The first-order valence-corrected chi connectivity index (χ1v) is 8.19. The SMILES string of the molecule is NC(=NCc1ccnc(OC(F)F)c1)Nc1cccc2c1CCCC2. The van der Waals surface area contributed by atoms with Crippen molar-refractivity contribution in [3.05, 3.63) is 53.2 Å². The van der Waals surface area contributed by atoms with Crippen LogP contribution in [0.2, 0.25) is 0 Å². The second-order valence-corrected chi connectivity index (χ2v) is 5.86. The van der Waals surface area contributed by atoms with E-state index < -0.39 is 6.61 Å². The van der Waals surface area contributed by atoms with E-state index in [1.54, 1.807) is 6.07 Å². The molecule has 0 radical (unpaired) electrons. The van der Waals surface area contributed by atoms with Crippen molar-refractivity contribution in [1.82, 2.24) is 4.98 Å². The Bertz CT molecular complexity index is 764. The van der Waals surface area contributed by atoms with E-state index in [1.165, 1.54) is 36.2 Å². The van der Waals surface area contributed by atoms with Crippen LogP contribution in [0.5, 0.6) is 5.88 Å². The predicted molar refractivity (Wildman–Crippen MR) is 92.9 cm³/mol. The summed E-state index contributed by atoms with van der Waals surface area (Å²) in [7, 11) is 0. The molecule has 1 aromatic carbocycles. The standard InChI is InChI=1S/C18H20F2N4O/c19-17(20)25-16-10-12(8-9-22-16)11-23-18(21)24-15-7-3-5-13-4-1-2-6-14(13)15/h3,5,7-10,17H,1-2,4,6,11H2,(H3,21,23,24). The first-order chi connectivity index (χ1) is 12.1. The number of anilines is 1. The Labute approximate surface area is 144 Å². The molecule has 1 aliphatic carbocycles. The van der Waals surface area contributed by atoms with Gasteiger partial charge in [0.2, 0.25) is 5.88 Å². The van der Waals surface area contributed by atoms with Crippen LogP contribution in [0.4, 0.5) is 14.5 Å². The molecule has 1 heterocycles. The lowest BCUT2D eigenvalue weighted by molar-refractivity contribution is -0.0528. The molecule has 5 nitrogen and oxygen atoms in total. The predicted octanol–water partition coefficient (Wildman–Crippen LogP) is 3.49. The molecular formula is C18H20F2N4O. The zero-order valence-corrected chi connectivity index (χ0v) is 13.7. The Hall–Kier alpha value is -2.70. The zero-order chi connectivity index (χ0) is 17.6. The van der Waals surface area contributed by atoms with Crippen molar-refractivity contribution in [1.29, 1.82) is 0 Å². The van der Waals surface area contributed by atoms with Gasteiger partial charge < -0.3 is 15.8 Å². The van der Waals surface area contributed by atoms with Gasteiger partial charge in [-0.15, -0.1) is 0 Å². The third-order valence-electron chi connectivity index (χ3n) is 4.10. The average Bonchev–Trinajstić information content (AvgIpc) is 2.60. The number of guanidine groups is 1. The van der Waals surface area contributed by atoms with Gasteiger partial charge in [-0.2, -0.15) is 8.78 Å². The summed E-state index contributed by atoms with van der Waals surface area (Å²) >= 11 is 0. The number of hydrogen-bond donors (Lipinski definition) is 2. The van der Waals surface area contributed by atoms with Crippen LogP contribution in [0, 0.1) is 0 Å². The topological polar surface area (TPSA) is 72.5 Å². The van der Waals surface area contributed by atoms with E-state index in [4.69, 9.17) is 5.73 Å². The van der Waals surface area contributed by atoms with E-state index in [2.05, 4.69) is 26.1 Å². The summed E-state index contributed by atoms with van der Waals surface area (Å²) in [5.41, 5.74) is 10.3. The minimum Gasteiger partial charge on any atom is -0.417 e. The Morgan fingerprint density at radius 2 is 2.12 bits per heavy atom. The summed E-state index contributed by atoms with van der Waals surface area (Å²) in [6.07, 6.45) is 5.91. The van der Waals surface area contributed by atoms with E-state index in [9.17, 15) is 8.78 Å². The van der Waals surface area contributed by atoms with Crippen LogP contribution in [0.1, 0.15) is 29.5 Å². The summed E-state index contributed by atoms with van der Waals surface area (Å²) in [5.74, 6) is 0.151. The van der Waals surface area contributed by atoms with Crippen LogP contribution in [-0.2, 0) is 19.4 Å². The van der Waals surface area contributed by atoms with Crippen LogP contribution in [0.15, 0.2) is 41.5 Å². The number of fused-ring (bicyclic) bond motifs is 1. The third kappa shape index (κ3) is 4.65. The van der Waals surface area contributed by atoms with Gasteiger partial charge >= 0.3 is 6.61 Å². The Kier molecular flexibility index (Phi) is 5.42. The van der Waals surface area contributed by atoms with Crippen molar-refractivity contribution in [3.63, 3.8) is 0 Å². The normalized spacial score (nSPS) is 14.3. The maximum Gasteiger partial charge on any atom is 0.388 e. The number of pyridine rings is 1. The maximum atomic E-state index is 12.2. The van der Waals surface area contributed by atoms with Crippen molar-refractivity contribution < 1.29 is 13.5 Å². The molecule has 0 saturated heterocycles. The smallest absolute Gasteiger partial charge is 0.388 e. The van der Waals surface area contributed by atoms with E-state index in [0.717, 1.165) is 18.5 Å². The first kappa shape index (κ1) is 17.1.